The lowest BCUT2D eigenvalue weighted by Crippen LogP contribution is -2.40. The Hall–Kier alpha value is -1.56. The minimum Gasteiger partial charge on any atom is -0.396 e. The quantitative estimate of drug-likeness (QED) is 0.793. The first-order valence-corrected chi connectivity index (χ1v) is 5.71. The number of carbonyl (C=O) groups is 1. The summed E-state index contributed by atoms with van der Waals surface area (Å²) in [5.74, 6) is -0.209. The van der Waals surface area contributed by atoms with Crippen LogP contribution >= 0.6 is 0 Å². The number of nitrogen functional groups attached to an aromatic ring is 1. The van der Waals surface area contributed by atoms with Gasteiger partial charge in [0.15, 0.2) is 0 Å². The van der Waals surface area contributed by atoms with Crippen molar-refractivity contribution in [2.75, 3.05) is 18.9 Å². The zero-order valence-electron chi connectivity index (χ0n) is 10.2. The summed E-state index contributed by atoms with van der Waals surface area (Å²) in [4.78, 5) is 11.9. The Morgan fingerprint density at radius 2 is 2.53 bits per heavy atom. The number of rotatable bonds is 3. The third-order valence-corrected chi connectivity index (χ3v) is 3.11. The number of aryl methyl sites for hydroxylation is 1. The maximum Gasteiger partial charge on any atom is 0.271 e. The molecule has 1 saturated heterocycles. The molecule has 1 atom stereocenters. The van der Waals surface area contributed by atoms with Crippen LogP contribution in [0.4, 0.5) is 5.69 Å². The number of amides is 1. The zero-order valence-corrected chi connectivity index (χ0v) is 10.2. The molecule has 0 aliphatic carbocycles. The first kappa shape index (κ1) is 11.9. The predicted molar refractivity (Wildman–Crippen MR) is 63.5 cm³/mol. The molecule has 0 bridgehead atoms. The van der Waals surface area contributed by atoms with E-state index in [9.17, 15) is 4.79 Å². The Morgan fingerprint density at radius 1 is 1.76 bits per heavy atom. The van der Waals surface area contributed by atoms with Crippen LogP contribution in [0.25, 0.3) is 0 Å². The van der Waals surface area contributed by atoms with Crippen LogP contribution in [0.2, 0.25) is 0 Å². The van der Waals surface area contributed by atoms with Gasteiger partial charge in [-0.25, -0.2) is 0 Å². The number of nitrogens with zero attached hydrogens (tertiary/aromatic N) is 2. The van der Waals surface area contributed by atoms with Crippen LogP contribution in [0.15, 0.2) is 6.20 Å². The van der Waals surface area contributed by atoms with E-state index in [1.165, 1.54) is 10.9 Å². The van der Waals surface area contributed by atoms with Crippen molar-refractivity contribution < 1.29 is 9.53 Å². The number of aromatic nitrogens is 2. The molecule has 6 heteroatoms. The van der Waals surface area contributed by atoms with E-state index < -0.39 is 0 Å². The van der Waals surface area contributed by atoms with Gasteiger partial charge in [0.05, 0.1) is 17.5 Å². The molecule has 1 unspecified atom stereocenters. The zero-order chi connectivity index (χ0) is 12.5. The summed E-state index contributed by atoms with van der Waals surface area (Å²) >= 11 is 0. The molecule has 3 N–H and O–H groups in total. The summed E-state index contributed by atoms with van der Waals surface area (Å²) in [7, 11) is 1.69. The normalized spacial score (nSPS) is 23.9. The van der Waals surface area contributed by atoms with Gasteiger partial charge in [0.1, 0.15) is 5.69 Å². The van der Waals surface area contributed by atoms with Crippen molar-refractivity contribution >= 4 is 11.6 Å². The second kappa shape index (κ2) is 4.37. The SMILES string of the molecule is Cn1ncc(N)c1C(=O)NCC1(C)CCCO1. The molecule has 2 rings (SSSR count). The van der Waals surface area contributed by atoms with E-state index >= 15 is 0 Å². The molecule has 94 valence electrons. The van der Waals surface area contributed by atoms with Gasteiger partial charge in [0.25, 0.3) is 5.91 Å². The molecule has 0 radical (unpaired) electrons. The first-order chi connectivity index (χ1) is 8.02. The average molecular weight is 238 g/mol. The van der Waals surface area contributed by atoms with Gasteiger partial charge in [-0.15, -0.1) is 0 Å². The second-order valence-electron chi connectivity index (χ2n) is 4.66. The summed E-state index contributed by atoms with van der Waals surface area (Å²) < 4.78 is 7.07. The Labute approximate surface area is 100 Å². The monoisotopic (exact) mass is 238 g/mol. The van der Waals surface area contributed by atoms with E-state index in [0.29, 0.717) is 17.9 Å². The Bertz CT molecular complexity index is 402. The number of hydrogen-bond acceptors (Lipinski definition) is 4. The lowest BCUT2D eigenvalue weighted by Gasteiger charge is -2.23. The molecule has 17 heavy (non-hydrogen) atoms. The third kappa shape index (κ3) is 2.41. The van der Waals surface area contributed by atoms with Crippen LogP contribution in [0.3, 0.4) is 0 Å². The van der Waals surface area contributed by atoms with Crippen LogP contribution in [0.1, 0.15) is 30.3 Å². The fourth-order valence-electron chi connectivity index (χ4n) is 2.06. The van der Waals surface area contributed by atoms with Crippen molar-refractivity contribution in [3.05, 3.63) is 11.9 Å². The van der Waals surface area contributed by atoms with Crippen LogP contribution in [0, 0.1) is 0 Å². The van der Waals surface area contributed by atoms with Crippen molar-refractivity contribution in [1.82, 2.24) is 15.1 Å². The molecule has 1 aromatic heterocycles. The van der Waals surface area contributed by atoms with Crippen LogP contribution in [-0.4, -0.2) is 34.4 Å². The fourth-order valence-corrected chi connectivity index (χ4v) is 2.06. The molecule has 2 heterocycles. The number of hydrogen-bond donors (Lipinski definition) is 2. The number of nitrogens with one attached hydrogen (secondary N) is 1. The molecule has 0 aromatic carbocycles. The lowest BCUT2D eigenvalue weighted by atomic mass is 10.0. The highest BCUT2D eigenvalue weighted by Crippen LogP contribution is 2.24. The molecule has 0 saturated carbocycles. The second-order valence-corrected chi connectivity index (χ2v) is 4.66. The van der Waals surface area contributed by atoms with Gasteiger partial charge in [0.2, 0.25) is 0 Å². The molecular formula is C11H18N4O2. The number of nitrogens with two attached hydrogens (primary N) is 1. The summed E-state index contributed by atoms with van der Waals surface area (Å²) in [5, 5.41) is 6.78. The third-order valence-electron chi connectivity index (χ3n) is 3.11. The van der Waals surface area contributed by atoms with Crippen molar-refractivity contribution in [3.8, 4) is 0 Å². The van der Waals surface area contributed by atoms with Crippen molar-refractivity contribution in [3.63, 3.8) is 0 Å². The number of carbonyl (C=O) groups excluding carboxylic acids is 1. The van der Waals surface area contributed by atoms with Crippen molar-refractivity contribution in [1.29, 1.82) is 0 Å². The van der Waals surface area contributed by atoms with Gasteiger partial charge in [0, 0.05) is 20.2 Å². The van der Waals surface area contributed by atoms with Gasteiger partial charge in [-0.05, 0) is 19.8 Å². The van der Waals surface area contributed by atoms with E-state index in [1.54, 1.807) is 7.05 Å². The summed E-state index contributed by atoms with van der Waals surface area (Å²) in [6.45, 7) is 3.27. The molecule has 6 nitrogen and oxygen atoms in total. The number of anilines is 1. The molecular weight excluding hydrogens is 220 g/mol. The smallest absolute Gasteiger partial charge is 0.271 e. The van der Waals surface area contributed by atoms with Gasteiger partial charge >= 0.3 is 0 Å². The average Bonchev–Trinajstić information content (AvgIpc) is 2.84. The Kier molecular flexibility index (Phi) is 3.06. The minimum atomic E-state index is -0.247. The summed E-state index contributed by atoms with van der Waals surface area (Å²) in [6, 6.07) is 0. The highest BCUT2D eigenvalue weighted by Gasteiger charge is 2.30. The van der Waals surface area contributed by atoms with Crippen LogP contribution in [-0.2, 0) is 11.8 Å². The van der Waals surface area contributed by atoms with Crippen molar-refractivity contribution in [2.24, 2.45) is 7.05 Å². The largest absolute Gasteiger partial charge is 0.396 e. The number of ether oxygens (including phenoxy) is 1. The molecule has 1 aliphatic rings. The van der Waals surface area contributed by atoms with E-state index in [0.717, 1.165) is 19.4 Å². The van der Waals surface area contributed by atoms with Crippen molar-refractivity contribution in [2.45, 2.75) is 25.4 Å². The van der Waals surface area contributed by atoms with Crippen LogP contribution < -0.4 is 11.1 Å². The molecule has 0 spiro atoms. The predicted octanol–water partition coefficient (Wildman–Crippen LogP) is 0.301. The molecule has 1 aliphatic heterocycles. The maximum absolute atomic E-state index is 11.9. The van der Waals surface area contributed by atoms with E-state index in [4.69, 9.17) is 10.5 Å². The van der Waals surface area contributed by atoms with Gasteiger partial charge in [-0.3, -0.25) is 9.48 Å². The molecule has 1 amide bonds. The Balaban J connectivity index is 1.98. The fraction of sp³-hybridized carbons (Fsp3) is 0.636. The minimum absolute atomic E-state index is 0.209. The van der Waals surface area contributed by atoms with E-state index in [-0.39, 0.29) is 11.5 Å². The highest BCUT2D eigenvalue weighted by atomic mass is 16.5. The lowest BCUT2D eigenvalue weighted by molar-refractivity contribution is 0.0205. The van der Waals surface area contributed by atoms with E-state index in [2.05, 4.69) is 10.4 Å². The molecule has 1 fully saturated rings. The topological polar surface area (TPSA) is 82.2 Å². The van der Waals surface area contributed by atoms with E-state index in [1.807, 2.05) is 6.92 Å². The van der Waals surface area contributed by atoms with Crippen LogP contribution in [0.5, 0.6) is 0 Å². The molecule has 1 aromatic rings. The first-order valence-electron chi connectivity index (χ1n) is 5.71. The maximum atomic E-state index is 11.9. The van der Waals surface area contributed by atoms with Gasteiger partial charge < -0.3 is 15.8 Å². The standard InChI is InChI=1S/C11H18N4O2/c1-11(4-3-5-17-11)7-13-10(16)9-8(12)6-14-15(9)2/h6H,3-5,7,12H2,1-2H3,(H,13,16). The Morgan fingerprint density at radius 3 is 3.06 bits per heavy atom. The summed E-state index contributed by atoms with van der Waals surface area (Å²) in [5.41, 5.74) is 6.22. The van der Waals surface area contributed by atoms with Gasteiger partial charge in [-0.2, -0.15) is 5.10 Å². The summed E-state index contributed by atoms with van der Waals surface area (Å²) in [6.07, 6.45) is 3.48. The highest BCUT2D eigenvalue weighted by molar-refractivity contribution is 5.97. The van der Waals surface area contributed by atoms with Gasteiger partial charge in [-0.1, -0.05) is 0 Å².